The molecule has 1 fully saturated rings. The van der Waals surface area contributed by atoms with Gasteiger partial charge in [0.15, 0.2) is 5.11 Å². The average Bonchev–Trinajstić information content (AvgIpc) is 2.83. The predicted molar refractivity (Wildman–Crippen MR) is 91.2 cm³/mol. The van der Waals surface area contributed by atoms with Crippen LogP contribution in [0.15, 0.2) is 24.3 Å². The number of aryl methyl sites for hydroxylation is 1. The summed E-state index contributed by atoms with van der Waals surface area (Å²) in [7, 11) is 0. The summed E-state index contributed by atoms with van der Waals surface area (Å²) in [4.78, 5) is 0. The van der Waals surface area contributed by atoms with Crippen LogP contribution >= 0.6 is 12.2 Å². The Labute approximate surface area is 128 Å². The number of thiocarbonyl (C=S) groups is 1. The highest BCUT2D eigenvalue weighted by molar-refractivity contribution is 7.80. The molecule has 0 aromatic heterocycles. The maximum Gasteiger partial charge on any atom is 0.170 e. The summed E-state index contributed by atoms with van der Waals surface area (Å²) < 4.78 is 0. The van der Waals surface area contributed by atoms with Crippen molar-refractivity contribution in [3.63, 3.8) is 0 Å². The molecule has 2 atom stereocenters. The molecule has 1 aliphatic carbocycles. The third kappa shape index (κ3) is 4.78. The Morgan fingerprint density at radius 2 is 2.00 bits per heavy atom. The van der Waals surface area contributed by atoms with Crippen molar-refractivity contribution in [2.24, 2.45) is 5.92 Å². The fourth-order valence-electron chi connectivity index (χ4n) is 2.83. The largest absolute Gasteiger partial charge is 0.360 e. The van der Waals surface area contributed by atoms with Crippen LogP contribution in [0.2, 0.25) is 0 Å². The van der Waals surface area contributed by atoms with E-state index in [1.54, 1.807) is 0 Å². The Morgan fingerprint density at radius 3 is 2.60 bits per heavy atom. The molecule has 0 bridgehead atoms. The van der Waals surface area contributed by atoms with Crippen LogP contribution in [0.3, 0.4) is 0 Å². The molecule has 2 nitrogen and oxygen atoms in total. The molecule has 1 aromatic rings. The van der Waals surface area contributed by atoms with E-state index in [0.717, 1.165) is 16.7 Å². The van der Waals surface area contributed by atoms with Gasteiger partial charge in [-0.2, -0.15) is 0 Å². The predicted octanol–water partition coefficient (Wildman–Crippen LogP) is 4.50. The summed E-state index contributed by atoms with van der Waals surface area (Å²) in [5.74, 6) is 0.827. The molecular formula is C17H26N2S. The van der Waals surface area contributed by atoms with Gasteiger partial charge < -0.3 is 10.6 Å². The number of nitrogens with one attached hydrogen (secondary N) is 2. The summed E-state index contributed by atoms with van der Waals surface area (Å²) in [6.07, 6.45) is 7.45. The van der Waals surface area contributed by atoms with Crippen molar-refractivity contribution in [2.45, 2.75) is 58.4 Å². The highest BCUT2D eigenvalue weighted by atomic mass is 32.1. The summed E-state index contributed by atoms with van der Waals surface area (Å²) >= 11 is 5.39. The van der Waals surface area contributed by atoms with Gasteiger partial charge in [0.1, 0.15) is 0 Å². The van der Waals surface area contributed by atoms with Crippen molar-refractivity contribution in [1.29, 1.82) is 0 Å². The molecule has 1 aliphatic rings. The van der Waals surface area contributed by atoms with Gasteiger partial charge in [0, 0.05) is 11.7 Å². The van der Waals surface area contributed by atoms with Crippen LogP contribution in [0.4, 0.5) is 5.69 Å². The molecule has 2 N–H and O–H groups in total. The smallest absolute Gasteiger partial charge is 0.170 e. The van der Waals surface area contributed by atoms with E-state index in [1.165, 1.54) is 44.1 Å². The zero-order chi connectivity index (χ0) is 14.4. The molecule has 0 radical (unpaired) electrons. The summed E-state index contributed by atoms with van der Waals surface area (Å²) in [6.45, 7) is 4.54. The number of benzene rings is 1. The van der Waals surface area contributed by atoms with E-state index in [4.69, 9.17) is 12.2 Å². The first-order valence-corrected chi connectivity index (χ1v) is 8.24. The molecule has 0 aliphatic heterocycles. The van der Waals surface area contributed by atoms with E-state index in [-0.39, 0.29) is 0 Å². The molecule has 0 saturated heterocycles. The lowest BCUT2D eigenvalue weighted by Gasteiger charge is -2.16. The maximum absolute atomic E-state index is 5.39. The Kier molecular flexibility index (Phi) is 5.84. The molecule has 0 spiro atoms. The monoisotopic (exact) mass is 290 g/mol. The average molecular weight is 290 g/mol. The molecule has 2 rings (SSSR count). The molecule has 1 aromatic carbocycles. The Balaban J connectivity index is 1.78. The minimum atomic E-state index is 0.550. The second-order valence-corrected chi connectivity index (χ2v) is 6.42. The molecule has 3 heteroatoms. The maximum atomic E-state index is 5.39. The number of rotatable bonds is 5. The van der Waals surface area contributed by atoms with Crippen LogP contribution in [0.25, 0.3) is 0 Å². The lowest BCUT2D eigenvalue weighted by atomic mass is 10.1. The minimum absolute atomic E-state index is 0.550. The van der Waals surface area contributed by atoms with Gasteiger partial charge in [-0.3, -0.25) is 0 Å². The van der Waals surface area contributed by atoms with Gasteiger partial charge in [0.2, 0.25) is 0 Å². The third-order valence-electron chi connectivity index (χ3n) is 4.06. The van der Waals surface area contributed by atoms with Gasteiger partial charge in [-0.05, 0) is 67.9 Å². The van der Waals surface area contributed by atoms with Crippen molar-refractivity contribution in [2.75, 3.05) is 5.32 Å². The van der Waals surface area contributed by atoms with Crippen molar-refractivity contribution < 1.29 is 0 Å². The molecular weight excluding hydrogens is 264 g/mol. The fourth-order valence-corrected chi connectivity index (χ4v) is 3.11. The standard InChI is InChI=1S/C17H26N2S/c1-3-4-5-14-7-10-15(11-8-14)18-17(20)19-16-9-6-13(2)12-16/h7-8,10-11,13,16H,3-6,9,12H2,1-2H3,(H2,18,19,20). The van der Waals surface area contributed by atoms with E-state index in [2.05, 4.69) is 48.7 Å². The van der Waals surface area contributed by atoms with Gasteiger partial charge in [0.05, 0.1) is 0 Å². The highest BCUT2D eigenvalue weighted by Gasteiger charge is 2.21. The Morgan fingerprint density at radius 1 is 1.25 bits per heavy atom. The lowest BCUT2D eigenvalue weighted by Crippen LogP contribution is -2.36. The second kappa shape index (κ2) is 7.63. The van der Waals surface area contributed by atoms with E-state index >= 15 is 0 Å². The third-order valence-corrected chi connectivity index (χ3v) is 4.28. The van der Waals surface area contributed by atoms with Crippen LogP contribution in [-0.2, 0) is 6.42 Å². The first-order chi connectivity index (χ1) is 9.67. The van der Waals surface area contributed by atoms with Crippen molar-refractivity contribution in [3.05, 3.63) is 29.8 Å². The van der Waals surface area contributed by atoms with Crippen molar-refractivity contribution in [3.8, 4) is 0 Å². The molecule has 20 heavy (non-hydrogen) atoms. The van der Waals surface area contributed by atoms with Crippen molar-refractivity contribution in [1.82, 2.24) is 5.32 Å². The Bertz CT molecular complexity index is 427. The van der Waals surface area contributed by atoms with E-state index in [1.807, 2.05) is 0 Å². The quantitative estimate of drug-likeness (QED) is 0.781. The van der Waals surface area contributed by atoms with Crippen LogP contribution in [0, 0.1) is 5.92 Å². The topological polar surface area (TPSA) is 24.1 Å². The second-order valence-electron chi connectivity index (χ2n) is 6.01. The van der Waals surface area contributed by atoms with Gasteiger partial charge in [-0.1, -0.05) is 32.4 Å². The minimum Gasteiger partial charge on any atom is -0.360 e. The van der Waals surface area contributed by atoms with Gasteiger partial charge in [-0.15, -0.1) is 0 Å². The Hall–Kier alpha value is -1.09. The zero-order valence-electron chi connectivity index (χ0n) is 12.6. The van der Waals surface area contributed by atoms with Crippen molar-refractivity contribution >= 4 is 23.0 Å². The number of unbranched alkanes of at least 4 members (excludes halogenated alkanes) is 1. The lowest BCUT2D eigenvalue weighted by molar-refractivity contribution is 0.572. The summed E-state index contributed by atoms with van der Waals surface area (Å²) in [5.41, 5.74) is 2.48. The molecule has 0 heterocycles. The first-order valence-electron chi connectivity index (χ1n) is 7.84. The van der Waals surface area contributed by atoms with E-state index in [0.29, 0.717) is 6.04 Å². The fraction of sp³-hybridized carbons (Fsp3) is 0.588. The number of hydrogen-bond donors (Lipinski definition) is 2. The molecule has 1 saturated carbocycles. The number of anilines is 1. The SMILES string of the molecule is CCCCc1ccc(NC(=S)NC2CCC(C)C2)cc1. The van der Waals surface area contributed by atoms with Crippen LogP contribution in [0.5, 0.6) is 0 Å². The van der Waals surface area contributed by atoms with Gasteiger partial charge >= 0.3 is 0 Å². The normalized spacial score (nSPS) is 21.7. The molecule has 0 amide bonds. The van der Waals surface area contributed by atoms with Crippen LogP contribution in [-0.4, -0.2) is 11.2 Å². The molecule has 2 unspecified atom stereocenters. The van der Waals surface area contributed by atoms with Gasteiger partial charge in [-0.25, -0.2) is 0 Å². The number of hydrogen-bond acceptors (Lipinski definition) is 1. The highest BCUT2D eigenvalue weighted by Crippen LogP contribution is 2.24. The van der Waals surface area contributed by atoms with Crippen LogP contribution < -0.4 is 10.6 Å². The van der Waals surface area contributed by atoms with E-state index < -0.39 is 0 Å². The summed E-state index contributed by atoms with van der Waals surface area (Å²) in [5, 5.41) is 7.47. The van der Waals surface area contributed by atoms with E-state index in [9.17, 15) is 0 Å². The van der Waals surface area contributed by atoms with Crippen LogP contribution in [0.1, 0.15) is 51.5 Å². The zero-order valence-corrected chi connectivity index (χ0v) is 13.4. The van der Waals surface area contributed by atoms with Gasteiger partial charge in [0.25, 0.3) is 0 Å². The molecule has 110 valence electrons. The first kappa shape index (κ1) is 15.3. The summed E-state index contributed by atoms with van der Waals surface area (Å²) in [6, 6.07) is 9.18.